The number of amides is 1. The first-order valence-electron chi connectivity index (χ1n) is 9.82. The average molecular weight is 379 g/mol. The number of fused-ring (bicyclic) bond motifs is 3. The quantitative estimate of drug-likeness (QED) is 0.821. The number of benzene rings is 2. The molecule has 0 heterocycles. The zero-order valence-corrected chi connectivity index (χ0v) is 16.1. The highest BCUT2D eigenvalue weighted by Crippen LogP contribution is 2.45. The number of carbonyl (C=O) groups excluding carboxylic acids is 1. The van der Waals surface area contributed by atoms with Crippen LogP contribution < -0.4 is 0 Å². The van der Waals surface area contributed by atoms with Crippen molar-refractivity contribution in [3.8, 4) is 11.1 Å². The lowest BCUT2D eigenvalue weighted by Crippen LogP contribution is -2.49. The maximum absolute atomic E-state index is 12.8. The second-order valence-corrected chi connectivity index (χ2v) is 7.86. The summed E-state index contributed by atoms with van der Waals surface area (Å²) in [5, 5.41) is 9.31. The number of carboxylic acid groups (broad SMARTS) is 1. The van der Waals surface area contributed by atoms with E-state index in [1.165, 1.54) is 27.2 Å². The highest BCUT2D eigenvalue weighted by molar-refractivity contribution is 5.79. The minimum absolute atomic E-state index is 0.00347. The lowest BCUT2D eigenvalue weighted by Gasteiger charge is -2.37. The number of aliphatic carboxylic acids is 1. The second-order valence-electron chi connectivity index (χ2n) is 7.86. The fraction of sp³-hybridized carbons (Fsp3) is 0.391. The lowest BCUT2D eigenvalue weighted by atomic mass is 9.92. The van der Waals surface area contributed by atoms with Crippen molar-refractivity contribution >= 4 is 12.1 Å². The third kappa shape index (κ3) is 3.15. The highest BCUT2D eigenvalue weighted by Gasteiger charge is 2.43. The van der Waals surface area contributed by atoms with Crippen LogP contribution in [0.3, 0.4) is 0 Å². The zero-order valence-electron chi connectivity index (χ0n) is 16.1. The van der Waals surface area contributed by atoms with Gasteiger partial charge in [0, 0.05) is 13.0 Å². The third-order valence-electron chi connectivity index (χ3n) is 6.34. The van der Waals surface area contributed by atoms with Crippen LogP contribution in [-0.2, 0) is 9.53 Å². The van der Waals surface area contributed by atoms with Gasteiger partial charge in [0.15, 0.2) is 0 Å². The Labute approximate surface area is 164 Å². The topological polar surface area (TPSA) is 66.8 Å². The van der Waals surface area contributed by atoms with Crippen LogP contribution in [0.1, 0.15) is 49.1 Å². The van der Waals surface area contributed by atoms with Crippen LogP contribution in [0.25, 0.3) is 11.1 Å². The minimum atomic E-state index is -0.875. The molecular formula is C23H25NO4. The molecule has 0 saturated heterocycles. The Kier molecular flexibility index (Phi) is 4.84. The Morgan fingerprint density at radius 3 is 2.11 bits per heavy atom. The van der Waals surface area contributed by atoms with Gasteiger partial charge in [-0.05, 0) is 35.1 Å². The van der Waals surface area contributed by atoms with Crippen LogP contribution in [0.15, 0.2) is 48.5 Å². The van der Waals surface area contributed by atoms with Crippen molar-refractivity contribution in [3.63, 3.8) is 0 Å². The number of hydrogen-bond acceptors (Lipinski definition) is 3. The fourth-order valence-electron chi connectivity index (χ4n) is 4.83. The molecule has 2 aromatic rings. The molecule has 0 radical (unpaired) electrons. The Morgan fingerprint density at radius 1 is 1.04 bits per heavy atom. The number of ether oxygens (including phenoxy) is 1. The Morgan fingerprint density at radius 2 is 1.57 bits per heavy atom. The second kappa shape index (κ2) is 7.30. The summed E-state index contributed by atoms with van der Waals surface area (Å²) in [6.07, 6.45) is 2.82. The van der Waals surface area contributed by atoms with Crippen LogP contribution in [0.4, 0.5) is 4.79 Å². The summed E-state index contributed by atoms with van der Waals surface area (Å²) in [7, 11) is 1.67. The number of carboxylic acids is 1. The number of hydrogen-bond donors (Lipinski definition) is 1. The molecule has 1 fully saturated rings. The molecule has 2 aliphatic carbocycles. The molecule has 1 amide bonds. The standard InChI is InChI=1S/C23H25NO4/c1-24(23(14-21(25)26)12-6-7-13-23)22(27)28-15-20-18-10-4-2-8-16(18)17-9-3-5-11-19(17)20/h2-5,8-11,20H,6-7,12-15H2,1H3,(H,25,26). The molecule has 2 aliphatic rings. The molecule has 0 bridgehead atoms. The Balaban J connectivity index is 1.51. The SMILES string of the molecule is CN(C(=O)OCC1c2ccccc2-c2ccccc21)C1(CC(=O)O)CCCC1. The first-order valence-corrected chi connectivity index (χ1v) is 9.82. The van der Waals surface area contributed by atoms with E-state index in [9.17, 15) is 14.7 Å². The predicted molar refractivity (Wildman–Crippen MR) is 106 cm³/mol. The van der Waals surface area contributed by atoms with Crippen LogP contribution in [-0.4, -0.2) is 41.3 Å². The van der Waals surface area contributed by atoms with Crippen molar-refractivity contribution in [2.75, 3.05) is 13.7 Å². The van der Waals surface area contributed by atoms with Gasteiger partial charge >= 0.3 is 12.1 Å². The fourth-order valence-corrected chi connectivity index (χ4v) is 4.83. The summed E-state index contributed by atoms with van der Waals surface area (Å²) in [6, 6.07) is 16.4. The van der Waals surface area contributed by atoms with Crippen LogP contribution in [0.5, 0.6) is 0 Å². The highest BCUT2D eigenvalue weighted by atomic mass is 16.6. The molecule has 0 aliphatic heterocycles. The van der Waals surface area contributed by atoms with E-state index < -0.39 is 17.6 Å². The van der Waals surface area contributed by atoms with Gasteiger partial charge in [0.05, 0.1) is 12.0 Å². The molecule has 0 atom stereocenters. The molecule has 28 heavy (non-hydrogen) atoms. The number of nitrogens with zero attached hydrogens (tertiary/aromatic N) is 1. The molecule has 0 spiro atoms. The number of carbonyl (C=O) groups is 2. The van der Waals surface area contributed by atoms with E-state index in [1.54, 1.807) is 7.05 Å². The minimum Gasteiger partial charge on any atom is -0.481 e. The van der Waals surface area contributed by atoms with Crippen molar-refractivity contribution in [1.29, 1.82) is 0 Å². The summed E-state index contributed by atoms with van der Waals surface area (Å²) in [5.41, 5.74) is 4.07. The van der Waals surface area contributed by atoms with Gasteiger partial charge in [0.1, 0.15) is 6.61 Å². The van der Waals surface area contributed by atoms with Crippen molar-refractivity contribution in [2.45, 2.75) is 43.6 Å². The third-order valence-corrected chi connectivity index (χ3v) is 6.34. The van der Waals surface area contributed by atoms with Crippen molar-refractivity contribution in [1.82, 2.24) is 4.90 Å². The van der Waals surface area contributed by atoms with Gasteiger partial charge in [0.2, 0.25) is 0 Å². The van der Waals surface area contributed by atoms with Gasteiger partial charge in [-0.3, -0.25) is 4.79 Å². The normalized spacial score (nSPS) is 17.0. The average Bonchev–Trinajstić information content (AvgIpc) is 3.29. The summed E-state index contributed by atoms with van der Waals surface area (Å²) in [6.45, 7) is 0.250. The van der Waals surface area contributed by atoms with E-state index in [1.807, 2.05) is 24.3 Å². The van der Waals surface area contributed by atoms with Gasteiger partial charge in [-0.1, -0.05) is 61.4 Å². The van der Waals surface area contributed by atoms with E-state index in [4.69, 9.17) is 4.74 Å². The van der Waals surface area contributed by atoms with Crippen molar-refractivity contribution in [3.05, 3.63) is 59.7 Å². The summed E-state index contributed by atoms with van der Waals surface area (Å²) >= 11 is 0. The summed E-state index contributed by atoms with van der Waals surface area (Å²) < 4.78 is 5.71. The smallest absolute Gasteiger partial charge is 0.410 e. The molecule has 2 aromatic carbocycles. The van der Waals surface area contributed by atoms with Crippen molar-refractivity contribution in [2.24, 2.45) is 0 Å². The Hall–Kier alpha value is -2.82. The van der Waals surface area contributed by atoms with E-state index in [-0.39, 0.29) is 18.9 Å². The molecule has 0 aromatic heterocycles. The van der Waals surface area contributed by atoms with Gasteiger partial charge in [0.25, 0.3) is 0 Å². The van der Waals surface area contributed by atoms with Gasteiger partial charge in [-0.2, -0.15) is 0 Å². The monoisotopic (exact) mass is 379 g/mol. The van der Waals surface area contributed by atoms with E-state index >= 15 is 0 Å². The van der Waals surface area contributed by atoms with E-state index in [0.717, 1.165) is 12.8 Å². The van der Waals surface area contributed by atoms with E-state index in [0.29, 0.717) is 12.8 Å². The lowest BCUT2D eigenvalue weighted by molar-refractivity contribution is -0.139. The molecular weight excluding hydrogens is 354 g/mol. The van der Waals surface area contributed by atoms with Gasteiger partial charge in [-0.25, -0.2) is 4.79 Å². The maximum atomic E-state index is 12.8. The molecule has 146 valence electrons. The predicted octanol–water partition coefficient (Wildman–Crippen LogP) is 4.65. The van der Waals surface area contributed by atoms with Gasteiger partial charge in [-0.15, -0.1) is 0 Å². The first-order chi connectivity index (χ1) is 13.5. The maximum Gasteiger partial charge on any atom is 0.410 e. The molecule has 5 heteroatoms. The zero-order chi connectivity index (χ0) is 19.7. The number of rotatable bonds is 5. The first kappa shape index (κ1) is 18.5. The van der Waals surface area contributed by atoms with Crippen LogP contribution in [0.2, 0.25) is 0 Å². The molecule has 1 saturated carbocycles. The molecule has 1 N–H and O–H groups in total. The largest absolute Gasteiger partial charge is 0.481 e. The van der Waals surface area contributed by atoms with Crippen molar-refractivity contribution < 1.29 is 19.4 Å². The molecule has 0 unspecified atom stereocenters. The van der Waals surface area contributed by atoms with Crippen LogP contribution >= 0.6 is 0 Å². The van der Waals surface area contributed by atoms with E-state index in [2.05, 4.69) is 24.3 Å². The van der Waals surface area contributed by atoms with Crippen LogP contribution in [0, 0.1) is 0 Å². The summed E-state index contributed by atoms with van der Waals surface area (Å²) in [4.78, 5) is 25.7. The Bertz CT molecular complexity index is 855. The van der Waals surface area contributed by atoms with Gasteiger partial charge < -0.3 is 14.7 Å². The molecule has 4 rings (SSSR count). The molecule has 5 nitrogen and oxygen atoms in total. The summed E-state index contributed by atoms with van der Waals surface area (Å²) in [5.74, 6) is -0.871.